The van der Waals surface area contributed by atoms with Gasteiger partial charge in [0.1, 0.15) is 5.82 Å². The number of rotatable bonds is 12. The predicted octanol–water partition coefficient (Wildman–Crippen LogP) is 6.82. The maximum Gasteiger partial charge on any atom is 0.207 e. The Balaban J connectivity index is 1.02. The van der Waals surface area contributed by atoms with E-state index in [1.165, 1.54) is 71.5 Å². The molecule has 5 rings (SSSR count). The number of nitrogens with zero attached hydrogens (tertiary/aromatic N) is 3. The lowest BCUT2D eigenvalue weighted by Gasteiger charge is -2.21. The smallest absolute Gasteiger partial charge is 0.207 e. The lowest BCUT2D eigenvalue weighted by molar-refractivity contribution is 0.515. The van der Waals surface area contributed by atoms with E-state index in [9.17, 15) is 0 Å². The second kappa shape index (κ2) is 12.5. The molecule has 2 aromatic carbocycles. The summed E-state index contributed by atoms with van der Waals surface area (Å²) in [4.78, 5) is 9.62. The summed E-state index contributed by atoms with van der Waals surface area (Å²) in [5, 5.41) is 12.9. The van der Waals surface area contributed by atoms with Gasteiger partial charge in [0.15, 0.2) is 0 Å². The minimum absolute atomic E-state index is 0.356. The summed E-state index contributed by atoms with van der Waals surface area (Å²) in [6.45, 7) is 6.34. The minimum Gasteiger partial charge on any atom is -0.384 e. The molecule has 4 aromatic rings. The van der Waals surface area contributed by atoms with Crippen LogP contribution in [0.25, 0.3) is 10.9 Å². The van der Waals surface area contributed by atoms with Crippen LogP contribution in [-0.4, -0.2) is 33.5 Å². The molecule has 2 aromatic heterocycles. The van der Waals surface area contributed by atoms with Crippen molar-refractivity contribution in [3.8, 4) is 0 Å². The zero-order valence-corrected chi connectivity index (χ0v) is 22.8. The van der Waals surface area contributed by atoms with E-state index in [1.54, 1.807) is 0 Å². The highest BCUT2D eigenvalue weighted by Crippen LogP contribution is 2.33. The fraction of sp³-hybridized carbons (Fsp3) is 0.433. The fourth-order valence-corrected chi connectivity index (χ4v) is 5.67. The molecule has 0 saturated heterocycles. The van der Waals surface area contributed by atoms with Crippen LogP contribution in [-0.2, 0) is 19.3 Å². The molecule has 1 unspecified atom stereocenters. The minimum atomic E-state index is 0.356. The molecule has 2 heterocycles. The molecule has 37 heavy (non-hydrogen) atoms. The van der Waals surface area contributed by atoms with Gasteiger partial charge in [-0.2, -0.15) is 4.37 Å². The van der Waals surface area contributed by atoms with Gasteiger partial charge in [0.05, 0.1) is 5.52 Å². The Labute approximate surface area is 224 Å². The molecule has 3 N–H and O–H groups in total. The normalized spacial score (nSPS) is 13.9. The number of hydrogen-bond acceptors (Lipinski definition) is 7. The number of aryl methyl sites for hydroxylation is 2. The quantitative estimate of drug-likeness (QED) is 0.180. The van der Waals surface area contributed by atoms with Crippen molar-refractivity contribution in [1.82, 2.24) is 19.7 Å². The first-order valence-electron chi connectivity index (χ1n) is 13.7. The maximum absolute atomic E-state index is 4.95. The van der Waals surface area contributed by atoms with Gasteiger partial charge in [0.2, 0.25) is 5.13 Å². The van der Waals surface area contributed by atoms with Crippen molar-refractivity contribution in [2.24, 2.45) is 0 Å². The fourth-order valence-electron chi connectivity index (χ4n) is 5.06. The Hall–Kier alpha value is -3.03. The van der Waals surface area contributed by atoms with Crippen LogP contribution in [0.2, 0.25) is 0 Å². The van der Waals surface area contributed by atoms with Crippen LogP contribution in [0.3, 0.4) is 0 Å². The molecule has 0 fully saturated rings. The van der Waals surface area contributed by atoms with Gasteiger partial charge in [-0.05, 0) is 82.7 Å². The monoisotopic (exact) mass is 514 g/mol. The van der Waals surface area contributed by atoms with Crippen LogP contribution < -0.4 is 16.0 Å². The van der Waals surface area contributed by atoms with Gasteiger partial charge in [-0.1, -0.05) is 42.3 Å². The summed E-state index contributed by atoms with van der Waals surface area (Å²) in [6.07, 6.45) is 9.18. The molecule has 6 nitrogen and oxygen atoms in total. The SMILES string of the molecule is Cc1ccc(Nc2nc(CC(C)NCCCCCNc3c4c(nc5ccccc35)CCCC4)ns2)cc1. The average molecular weight is 515 g/mol. The van der Waals surface area contributed by atoms with Gasteiger partial charge in [-0.15, -0.1) is 0 Å². The Morgan fingerprint density at radius 2 is 1.73 bits per heavy atom. The summed E-state index contributed by atoms with van der Waals surface area (Å²) in [6, 6.07) is 17.3. The molecular formula is C30H38N6S. The molecule has 194 valence electrons. The van der Waals surface area contributed by atoms with Crippen molar-refractivity contribution < 1.29 is 0 Å². The molecule has 1 atom stereocenters. The summed E-state index contributed by atoms with van der Waals surface area (Å²) >= 11 is 1.42. The zero-order chi connectivity index (χ0) is 25.5. The van der Waals surface area contributed by atoms with Crippen molar-refractivity contribution in [2.45, 2.75) is 71.3 Å². The summed E-state index contributed by atoms with van der Waals surface area (Å²) < 4.78 is 4.53. The van der Waals surface area contributed by atoms with Crippen LogP contribution in [0.4, 0.5) is 16.5 Å². The van der Waals surface area contributed by atoms with E-state index in [0.717, 1.165) is 54.5 Å². The number of hydrogen-bond donors (Lipinski definition) is 3. The van der Waals surface area contributed by atoms with E-state index < -0.39 is 0 Å². The molecule has 0 saturated carbocycles. The maximum atomic E-state index is 4.95. The third-order valence-corrected chi connectivity index (χ3v) is 7.75. The van der Waals surface area contributed by atoms with E-state index in [-0.39, 0.29) is 0 Å². The van der Waals surface area contributed by atoms with Crippen molar-refractivity contribution in [3.63, 3.8) is 0 Å². The first kappa shape index (κ1) is 25.6. The molecule has 1 aliphatic carbocycles. The van der Waals surface area contributed by atoms with Crippen LogP contribution in [0.15, 0.2) is 48.5 Å². The number of anilines is 3. The standard InChI is InChI=1S/C30H38N6S/c1-21-14-16-23(17-15-21)33-30-35-28(36-37-30)20-22(2)31-18-8-3-9-19-32-29-24-10-4-6-12-26(24)34-27-13-7-5-11-25(27)29/h4,6,10,12,14-17,22,31H,3,5,7-9,11,13,18-20H2,1-2H3,(H,32,34)(H,33,35,36). The number of nitrogens with one attached hydrogen (secondary N) is 3. The average Bonchev–Trinajstić information content (AvgIpc) is 3.35. The molecule has 0 aliphatic heterocycles. The van der Waals surface area contributed by atoms with Gasteiger partial charge in [0.25, 0.3) is 0 Å². The summed E-state index contributed by atoms with van der Waals surface area (Å²) in [5.74, 6) is 0.900. The summed E-state index contributed by atoms with van der Waals surface area (Å²) in [5.41, 5.74) is 7.51. The summed E-state index contributed by atoms with van der Waals surface area (Å²) in [7, 11) is 0. The van der Waals surface area contributed by atoms with Crippen molar-refractivity contribution in [3.05, 3.63) is 71.2 Å². The molecule has 7 heteroatoms. The van der Waals surface area contributed by atoms with E-state index in [1.807, 2.05) is 0 Å². The van der Waals surface area contributed by atoms with Gasteiger partial charge < -0.3 is 16.0 Å². The lowest BCUT2D eigenvalue weighted by Crippen LogP contribution is -2.29. The van der Waals surface area contributed by atoms with Crippen LogP contribution in [0, 0.1) is 6.92 Å². The second-order valence-corrected chi connectivity index (χ2v) is 10.9. The lowest BCUT2D eigenvalue weighted by atomic mass is 9.92. The zero-order valence-electron chi connectivity index (χ0n) is 22.0. The number of para-hydroxylation sites is 1. The first-order chi connectivity index (χ1) is 18.2. The number of fused-ring (bicyclic) bond motifs is 2. The second-order valence-electron chi connectivity index (χ2n) is 10.2. The number of benzene rings is 2. The molecule has 0 bridgehead atoms. The van der Waals surface area contributed by atoms with Crippen LogP contribution >= 0.6 is 11.5 Å². The molecule has 1 aliphatic rings. The highest BCUT2D eigenvalue weighted by Gasteiger charge is 2.17. The van der Waals surface area contributed by atoms with Crippen LogP contribution in [0.1, 0.15) is 61.7 Å². The number of pyridine rings is 1. The topological polar surface area (TPSA) is 74.8 Å². The highest BCUT2D eigenvalue weighted by atomic mass is 32.1. The van der Waals surface area contributed by atoms with Gasteiger partial charge >= 0.3 is 0 Å². The van der Waals surface area contributed by atoms with Crippen LogP contribution in [0.5, 0.6) is 0 Å². The Morgan fingerprint density at radius 3 is 2.62 bits per heavy atom. The number of aromatic nitrogens is 3. The Bertz CT molecular complexity index is 1300. The molecular weight excluding hydrogens is 476 g/mol. The third-order valence-electron chi connectivity index (χ3n) is 7.08. The molecule has 0 spiro atoms. The van der Waals surface area contributed by atoms with Gasteiger partial charge in [-0.25, -0.2) is 4.98 Å². The van der Waals surface area contributed by atoms with E-state index in [0.29, 0.717) is 6.04 Å². The van der Waals surface area contributed by atoms with Crippen molar-refractivity contribution in [2.75, 3.05) is 23.7 Å². The predicted molar refractivity (Wildman–Crippen MR) is 156 cm³/mol. The van der Waals surface area contributed by atoms with Gasteiger partial charge in [0, 0.05) is 53.0 Å². The largest absolute Gasteiger partial charge is 0.384 e. The molecule has 0 radical (unpaired) electrons. The highest BCUT2D eigenvalue weighted by molar-refractivity contribution is 7.09. The number of unbranched alkanes of at least 4 members (excludes halogenated alkanes) is 2. The van der Waals surface area contributed by atoms with E-state index >= 15 is 0 Å². The van der Waals surface area contributed by atoms with E-state index in [2.05, 4.69) is 87.7 Å². The molecule has 0 amide bonds. The van der Waals surface area contributed by atoms with E-state index in [4.69, 9.17) is 4.98 Å². The Kier molecular flexibility index (Phi) is 8.64. The third kappa shape index (κ3) is 6.84. The van der Waals surface area contributed by atoms with Crippen molar-refractivity contribution in [1.29, 1.82) is 0 Å². The first-order valence-corrected chi connectivity index (χ1v) is 14.5. The Morgan fingerprint density at radius 1 is 0.919 bits per heavy atom. The van der Waals surface area contributed by atoms with Gasteiger partial charge in [-0.3, -0.25) is 4.98 Å². The van der Waals surface area contributed by atoms with Crippen molar-refractivity contribution >= 4 is 38.9 Å².